The van der Waals surface area contributed by atoms with Gasteiger partial charge in [-0.2, -0.15) is 0 Å². The van der Waals surface area contributed by atoms with Crippen molar-refractivity contribution in [2.45, 2.75) is 33.6 Å². The minimum atomic E-state index is 0.262. The number of aryl methyl sites for hydroxylation is 2. The molecule has 102 valence electrons. The van der Waals surface area contributed by atoms with Gasteiger partial charge in [-0.3, -0.25) is 0 Å². The summed E-state index contributed by atoms with van der Waals surface area (Å²) in [4.78, 5) is 0. The van der Waals surface area contributed by atoms with Gasteiger partial charge in [0.05, 0.1) is 26.3 Å². The van der Waals surface area contributed by atoms with Crippen molar-refractivity contribution in [2.75, 3.05) is 26.3 Å². The summed E-state index contributed by atoms with van der Waals surface area (Å²) in [6.07, 6.45) is 2.19. The van der Waals surface area contributed by atoms with Crippen molar-refractivity contribution >= 4 is 0 Å². The molecule has 0 unspecified atom stereocenters. The van der Waals surface area contributed by atoms with Gasteiger partial charge in [0.1, 0.15) is 5.75 Å². The molecule has 0 saturated heterocycles. The second-order valence-corrected chi connectivity index (χ2v) is 4.80. The van der Waals surface area contributed by atoms with Crippen LogP contribution in [-0.2, 0) is 0 Å². The lowest BCUT2D eigenvalue weighted by Crippen LogP contribution is -2.85. The summed E-state index contributed by atoms with van der Waals surface area (Å²) in [5.74, 6) is 1.05. The smallest absolute Gasteiger partial charge is 0.125 e. The molecule has 0 aliphatic rings. The second-order valence-electron chi connectivity index (χ2n) is 4.80. The zero-order valence-electron chi connectivity index (χ0n) is 11.8. The Labute approximate surface area is 110 Å². The molecule has 0 aliphatic heterocycles. The molecule has 0 spiro atoms. The van der Waals surface area contributed by atoms with Crippen molar-refractivity contribution in [3.05, 3.63) is 28.8 Å². The molecule has 3 nitrogen and oxygen atoms in total. The minimum Gasteiger partial charge on any atom is -0.493 e. The van der Waals surface area contributed by atoms with E-state index in [1.807, 2.05) is 0 Å². The van der Waals surface area contributed by atoms with Crippen molar-refractivity contribution in [3.8, 4) is 5.75 Å². The third-order valence-electron chi connectivity index (χ3n) is 3.26. The Morgan fingerprint density at radius 3 is 2.50 bits per heavy atom. The Hall–Kier alpha value is -1.06. The molecule has 0 fully saturated rings. The van der Waals surface area contributed by atoms with E-state index in [0.717, 1.165) is 38.3 Å². The number of aliphatic hydroxyl groups excluding tert-OH is 1. The maximum atomic E-state index is 8.65. The summed E-state index contributed by atoms with van der Waals surface area (Å²) in [6.45, 7) is 9.23. The van der Waals surface area contributed by atoms with Crippen LogP contribution < -0.4 is 10.1 Å². The van der Waals surface area contributed by atoms with Crippen molar-refractivity contribution < 1.29 is 15.2 Å². The molecule has 0 heterocycles. The quantitative estimate of drug-likeness (QED) is 0.686. The average molecular weight is 252 g/mol. The van der Waals surface area contributed by atoms with Gasteiger partial charge in [0.25, 0.3) is 0 Å². The van der Waals surface area contributed by atoms with E-state index in [9.17, 15) is 0 Å². The largest absolute Gasteiger partial charge is 0.493 e. The summed E-state index contributed by atoms with van der Waals surface area (Å²) in [5.41, 5.74) is 3.75. The number of nitrogens with two attached hydrogens (primary N) is 1. The predicted molar refractivity (Wildman–Crippen MR) is 74.1 cm³/mol. The van der Waals surface area contributed by atoms with Crippen LogP contribution in [-0.4, -0.2) is 31.4 Å². The first-order valence-electron chi connectivity index (χ1n) is 6.79. The first-order valence-corrected chi connectivity index (χ1v) is 6.79. The van der Waals surface area contributed by atoms with Crippen LogP contribution in [0.2, 0.25) is 0 Å². The maximum absolute atomic E-state index is 8.65. The highest BCUT2D eigenvalue weighted by molar-refractivity contribution is 5.44. The van der Waals surface area contributed by atoms with E-state index in [1.54, 1.807) is 0 Å². The molecule has 3 heteroatoms. The minimum absolute atomic E-state index is 0.262. The van der Waals surface area contributed by atoms with Gasteiger partial charge in [0, 0.05) is 0 Å². The van der Waals surface area contributed by atoms with Crippen molar-refractivity contribution in [2.24, 2.45) is 0 Å². The van der Waals surface area contributed by atoms with Crippen LogP contribution >= 0.6 is 0 Å². The van der Waals surface area contributed by atoms with E-state index in [0.29, 0.717) is 0 Å². The monoisotopic (exact) mass is 252 g/mol. The first-order chi connectivity index (χ1) is 8.66. The molecule has 1 aromatic rings. The van der Waals surface area contributed by atoms with Crippen LogP contribution in [0.5, 0.6) is 5.75 Å². The van der Waals surface area contributed by atoms with Crippen LogP contribution in [0.1, 0.15) is 29.5 Å². The SMILES string of the molecule is Cc1ccc(C)c(OCCCC[NH2+]CCO)c1C. The van der Waals surface area contributed by atoms with Crippen LogP contribution in [0.4, 0.5) is 0 Å². The van der Waals surface area contributed by atoms with E-state index < -0.39 is 0 Å². The Morgan fingerprint density at radius 1 is 1.06 bits per heavy atom. The normalized spacial score (nSPS) is 10.7. The Morgan fingerprint density at radius 2 is 1.78 bits per heavy atom. The van der Waals surface area contributed by atoms with Gasteiger partial charge in [-0.05, 0) is 50.3 Å². The number of hydrogen-bond acceptors (Lipinski definition) is 2. The fraction of sp³-hybridized carbons (Fsp3) is 0.600. The van der Waals surface area contributed by atoms with Gasteiger partial charge in [0.2, 0.25) is 0 Å². The molecule has 0 atom stereocenters. The number of unbranched alkanes of at least 4 members (excludes halogenated alkanes) is 1. The van der Waals surface area contributed by atoms with Crippen LogP contribution in [0, 0.1) is 20.8 Å². The van der Waals surface area contributed by atoms with E-state index in [-0.39, 0.29) is 6.61 Å². The van der Waals surface area contributed by atoms with Gasteiger partial charge in [-0.1, -0.05) is 12.1 Å². The Balaban J connectivity index is 2.29. The van der Waals surface area contributed by atoms with Crippen molar-refractivity contribution in [1.82, 2.24) is 0 Å². The highest BCUT2D eigenvalue weighted by atomic mass is 16.5. The summed E-state index contributed by atoms with van der Waals surface area (Å²) in [7, 11) is 0. The third kappa shape index (κ3) is 4.67. The molecular weight excluding hydrogens is 226 g/mol. The first kappa shape index (κ1) is 15.0. The molecule has 0 amide bonds. The van der Waals surface area contributed by atoms with Gasteiger partial charge >= 0.3 is 0 Å². The Kier molecular flexibility index (Phi) is 6.76. The topological polar surface area (TPSA) is 46.1 Å². The second kappa shape index (κ2) is 8.11. The third-order valence-corrected chi connectivity index (χ3v) is 3.26. The number of benzene rings is 1. The highest BCUT2D eigenvalue weighted by Gasteiger charge is 2.05. The average Bonchev–Trinajstić information content (AvgIpc) is 2.36. The van der Waals surface area contributed by atoms with Gasteiger partial charge < -0.3 is 15.2 Å². The molecular formula is C15H26NO2+. The van der Waals surface area contributed by atoms with E-state index in [4.69, 9.17) is 9.84 Å². The molecule has 0 aliphatic carbocycles. The summed E-state index contributed by atoms with van der Waals surface area (Å²) in [5, 5.41) is 10.8. The molecule has 1 aromatic carbocycles. The molecule has 18 heavy (non-hydrogen) atoms. The highest BCUT2D eigenvalue weighted by Crippen LogP contribution is 2.25. The van der Waals surface area contributed by atoms with E-state index in [1.165, 1.54) is 16.7 Å². The van der Waals surface area contributed by atoms with Crippen molar-refractivity contribution in [3.63, 3.8) is 0 Å². The lowest BCUT2D eigenvalue weighted by atomic mass is 10.1. The Bertz CT molecular complexity index is 364. The molecule has 0 bridgehead atoms. The van der Waals surface area contributed by atoms with E-state index in [2.05, 4.69) is 38.2 Å². The molecule has 0 radical (unpaired) electrons. The van der Waals surface area contributed by atoms with E-state index >= 15 is 0 Å². The standard InChI is InChI=1S/C15H25NO2/c1-12-6-7-13(2)15(14(12)3)18-11-5-4-8-16-9-10-17/h6-7,16-17H,4-5,8-11H2,1-3H3/p+1. The number of aliphatic hydroxyl groups is 1. The molecule has 3 N–H and O–H groups in total. The number of hydrogen-bond donors (Lipinski definition) is 2. The lowest BCUT2D eigenvalue weighted by molar-refractivity contribution is -0.656. The number of ether oxygens (including phenoxy) is 1. The van der Waals surface area contributed by atoms with Crippen LogP contribution in [0.3, 0.4) is 0 Å². The fourth-order valence-electron chi connectivity index (χ4n) is 1.95. The van der Waals surface area contributed by atoms with Crippen molar-refractivity contribution in [1.29, 1.82) is 0 Å². The zero-order valence-corrected chi connectivity index (χ0v) is 11.8. The number of rotatable bonds is 8. The lowest BCUT2D eigenvalue weighted by Gasteiger charge is -2.13. The van der Waals surface area contributed by atoms with Gasteiger partial charge in [-0.15, -0.1) is 0 Å². The summed E-state index contributed by atoms with van der Waals surface area (Å²) >= 11 is 0. The summed E-state index contributed by atoms with van der Waals surface area (Å²) in [6, 6.07) is 4.26. The summed E-state index contributed by atoms with van der Waals surface area (Å²) < 4.78 is 5.89. The van der Waals surface area contributed by atoms with Crippen LogP contribution in [0.25, 0.3) is 0 Å². The predicted octanol–water partition coefficient (Wildman–Crippen LogP) is 1.33. The number of quaternary nitrogens is 1. The van der Waals surface area contributed by atoms with Gasteiger partial charge in [0.15, 0.2) is 0 Å². The molecule has 0 aromatic heterocycles. The fourth-order valence-corrected chi connectivity index (χ4v) is 1.95. The maximum Gasteiger partial charge on any atom is 0.125 e. The molecule has 0 saturated carbocycles. The zero-order chi connectivity index (χ0) is 13.4. The molecule has 1 rings (SSSR count). The van der Waals surface area contributed by atoms with Gasteiger partial charge in [-0.25, -0.2) is 0 Å². The van der Waals surface area contributed by atoms with Crippen LogP contribution in [0.15, 0.2) is 12.1 Å².